The predicted octanol–water partition coefficient (Wildman–Crippen LogP) is 1.60. The molecule has 7 heteroatoms. The van der Waals surface area contributed by atoms with Crippen molar-refractivity contribution in [2.45, 2.75) is 24.8 Å². The van der Waals surface area contributed by atoms with Gasteiger partial charge in [0, 0.05) is 51.5 Å². The number of aromatic nitrogens is 2. The molecule has 2 amide bonds. The van der Waals surface area contributed by atoms with Crippen LogP contribution in [0.5, 0.6) is 0 Å². The molecule has 2 aromatic rings. The molecule has 1 aromatic carbocycles. The first kappa shape index (κ1) is 19.0. The third-order valence-electron chi connectivity index (χ3n) is 7.34. The zero-order valence-corrected chi connectivity index (χ0v) is 17.3. The first-order chi connectivity index (χ1) is 14.6. The number of rotatable bonds is 3. The second-order valence-corrected chi connectivity index (χ2v) is 8.71. The minimum Gasteiger partial charge on any atom is -0.342 e. The van der Waals surface area contributed by atoms with Crippen molar-refractivity contribution in [3.8, 4) is 0 Å². The first-order valence-electron chi connectivity index (χ1n) is 10.7. The van der Waals surface area contributed by atoms with Crippen LogP contribution in [-0.2, 0) is 16.0 Å². The second kappa shape index (κ2) is 7.38. The van der Waals surface area contributed by atoms with Crippen LogP contribution in [0, 0.1) is 11.8 Å². The largest absolute Gasteiger partial charge is 0.342 e. The molecule has 2 atom stereocenters. The van der Waals surface area contributed by atoms with Gasteiger partial charge in [-0.2, -0.15) is 0 Å². The zero-order chi connectivity index (χ0) is 20.7. The molecule has 0 unspecified atom stereocenters. The summed E-state index contributed by atoms with van der Waals surface area (Å²) in [6.07, 6.45) is 5.60. The van der Waals surface area contributed by atoms with Crippen LogP contribution in [0.2, 0.25) is 0 Å². The molecule has 1 aromatic heterocycles. The highest BCUT2D eigenvalue weighted by molar-refractivity contribution is 5.85. The Hall–Kier alpha value is -2.96. The number of nitrogens with zero attached hydrogens (tertiary/aromatic N) is 5. The van der Waals surface area contributed by atoms with E-state index >= 15 is 0 Å². The van der Waals surface area contributed by atoms with Crippen molar-refractivity contribution in [2.75, 3.05) is 38.1 Å². The first-order valence-corrected chi connectivity index (χ1v) is 10.7. The minimum absolute atomic E-state index is 0.00891. The summed E-state index contributed by atoms with van der Waals surface area (Å²) >= 11 is 0. The number of amides is 2. The number of benzene rings is 1. The average Bonchev–Trinajstić information content (AvgIpc) is 3.31. The summed E-state index contributed by atoms with van der Waals surface area (Å²) in [7, 11) is 1.95. The van der Waals surface area contributed by atoms with Crippen molar-refractivity contribution in [3.05, 3.63) is 54.4 Å². The van der Waals surface area contributed by atoms with E-state index in [0.29, 0.717) is 32.0 Å². The van der Waals surface area contributed by atoms with E-state index in [1.807, 2.05) is 53.2 Å². The van der Waals surface area contributed by atoms with Gasteiger partial charge in [-0.15, -0.1) is 0 Å². The number of anilines is 1. The lowest BCUT2D eigenvalue weighted by atomic mass is 9.75. The molecule has 0 radical (unpaired) electrons. The smallest absolute Gasteiger partial charge is 0.228 e. The van der Waals surface area contributed by atoms with Gasteiger partial charge in [0.15, 0.2) is 0 Å². The number of fused-ring (bicyclic) bond motifs is 2. The van der Waals surface area contributed by atoms with Crippen LogP contribution in [0.25, 0.3) is 0 Å². The maximum absolute atomic E-state index is 13.1. The fourth-order valence-corrected chi connectivity index (χ4v) is 5.67. The SMILES string of the molecule is CN1C(=O)[C@@H]2CN(c3ncccn3)C[C@@H]2C12CCN(C(=O)Cc1ccccc1)CC2. The fraction of sp³-hybridized carbons (Fsp3) is 0.478. The van der Waals surface area contributed by atoms with E-state index in [9.17, 15) is 9.59 Å². The van der Waals surface area contributed by atoms with Gasteiger partial charge >= 0.3 is 0 Å². The third kappa shape index (κ3) is 3.04. The number of carbonyl (C=O) groups excluding carboxylic acids is 2. The number of piperidine rings is 1. The van der Waals surface area contributed by atoms with E-state index in [-0.39, 0.29) is 29.2 Å². The third-order valence-corrected chi connectivity index (χ3v) is 7.34. The molecule has 1 spiro atoms. The maximum Gasteiger partial charge on any atom is 0.228 e. The number of carbonyl (C=O) groups is 2. The lowest BCUT2D eigenvalue weighted by Gasteiger charge is -2.46. The molecule has 4 heterocycles. The molecule has 7 nitrogen and oxygen atoms in total. The summed E-state index contributed by atoms with van der Waals surface area (Å²) in [5.41, 5.74) is 0.875. The zero-order valence-electron chi connectivity index (χ0n) is 17.3. The van der Waals surface area contributed by atoms with Gasteiger partial charge in [-0.25, -0.2) is 9.97 Å². The Morgan fingerprint density at radius 1 is 1.07 bits per heavy atom. The van der Waals surface area contributed by atoms with E-state index in [0.717, 1.165) is 24.9 Å². The fourth-order valence-electron chi connectivity index (χ4n) is 5.67. The van der Waals surface area contributed by atoms with Gasteiger partial charge in [0.05, 0.1) is 17.9 Å². The Kier molecular flexibility index (Phi) is 4.68. The lowest BCUT2D eigenvalue weighted by Crippen LogP contribution is -2.56. The number of likely N-dealkylation sites (tertiary alicyclic amines) is 2. The molecule has 3 aliphatic rings. The van der Waals surface area contributed by atoms with Crippen molar-refractivity contribution in [1.29, 1.82) is 0 Å². The molecule has 3 aliphatic heterocycles. The van der Waals surface area contributed by atoms with E-state index in [2.05, 4.69) is 14.9 Å². The molecule has 0 saturated carbocycles. The molecule has 0 N–H and O–H groups in total. The van der Waals surface area contributed by atoms with Crippen molar-refractivity contribution in [3.63, 3.8) is 0 Å². The van der Waals surface area contributed by atoms with E-state index in [1.165, 1.54) is 0 Å². The van der Waals surface area contributed by atoms with Crippen molar-refractivity contribution in [2.24, 2.45) is 11.8 Å². The Balaban J connectivity index is 1.29. The van der Waals surface area contributed by atoms with Crippen molar-refractivity contribution >= 4 is 17.8 Å². The molecular weight excluding hydrogens is 378 g/mol. The molecule has 0 bridgehead atoms. The second-order valence-electron chi connectivity index (χ2n) is 8.71. The molecule has 5 rings (SSSR count). The van der Waals surface area contributed by atoms with Gasteiger partial charge in [0.25, 0.3) is 0 Å². The van der Waals surface area contributed by atoms with Crippen LogP contribution in [0.1, 0.15) is 18.4 Å². The summed E-state index contributed by atoms with van der Waals surface area (Å²) in [5, 5.41) is 0. The van der Waals surface area contributed by atoms with E-state index in [1.54, 1.807) is 12.4 Å². The van der Waals surface area contributed by atoms with Crippen LogP contribution < -0.4 is 4.90 Å². The van der Waals surface area contributed by atoms with Gasteiger partial charge in [0.1, 0.15) is 0 Å². The highest BCUT2D eigenvalue weighted by atomic mass is 16.2. The molecular formula is C23H27N5O2. The molecule has 0 aliphatic carbocycles. The normalized spacial score (nSPS) is 25.1. The van der Waals surface area contributed by atoms with E-state index in [4.69, 9.17) is 0 Å². The Morgan fingerprint density at radius 3 is 2.47 bits per heavy atom. The molecule has 3 saturated heterocycles. The summed E-state index contributed by atoms with van der Waals surface area (Å²) < 4.78 is 0. The summed E-state index contributed by atoms with van der Waals surface area (Å²) in [4.78, 5) is 40.7. The van der Waals surface area contributed by atoms with Gasteiger partial charge < -0.3 is 14.7 Å². The summed E-state index contributed by atoms with van der Waals surface area (Å²) in [6.45, 7) is 2.88. The lowest BCUT2D eigenvalue weighted by molar-refractivity contribution is -0.136. The number of hydrogen-bond donors (Lipinski definition) is 0. The monoisotopic (exact) mass is 405 g/mol. The number of hydrogen-bond acceptors (Lipinski definition) is 5. The highest BCUT2D eigenvalue weighted by Crippen LogP contribution is 2.49. The van der Waals surface area contributed by atoms with Crippen LogP contribution in [0.15, 0.2) is 48.8 Å². The van der Waals surface area contributed by atoms with Crippen LogP contribution in [0.4, 0.5) is 5.95 Å². The minimum atomic E-state index is -0.172. The topological polar surface area (TPSA) is 69.6 Å². The van der Waals surface area contributed by atoms with Crippen LogP contribution in [0.3, 0.4) is 0 Å². The predicted molar refractivity (Wildman–Crippen MR) is 113 cm³/mol. The molecule has 156 valence electrons. The molecule has 3 fully saturated rings. The Labute approximate surface area is 176 Å². The van der Waals surface area contributed by atoms with Gasteiger partial charge in [-0.3, -0.25) is 9.59 Å². The highest BCUT2D eigenvalue weighted by Gasteiger charge is 2.60. The molecule has 30 heavy (non-hydrogen) atoms. The average molecular weight is 406 g/mol. The maximum atomic E-state index is 13.1. The van der Waals surface area contributed by atoms with Crippen LogP contribution in [-0.4, -0.2) is 70.3 Å². The van der Waals surface area contributed by atoms with Crippen molar-refractivity contribution < 1.29 is 9.59 Å². The Bertz CT molecular complexity index is 927. The summed E-state index contributed by atoms with van der Waals surface area (Å²) in [5.74, 6) is 1.34. The van der Waals surface area contributed by atoms with Crippen molar-refractivity contribution in [1.82, 2.24) is 19.8 Å². The van der Waals surface area contributed by atoms with Gasteiger partial charge in [-0.1, -0.05) is 30.3 Å². The van der Waals surface area contributed by atoms with Gasteiger partial charge in [-0.05, 0) is 24.5 Å². The van der Waals surface area contributed by atoms with Crippen LogP contribution >= 0.6 is 0 Å². The Morgan fingerprint density at radius 2 is 1.77 bits per heavy atom. The van der Waals surface area contributed by atoms with E-state index < -0.39 is 0 Å². The standard InChI is InChI=1S/C23H27N5O2/c1-26-21(30)18-15-28(22-24-10-5-11-25-22)16-19(18)23(26)8-12-27(13-9-23)20(29)14-17-6-3-2-4-7-17/h2-7,10-11,18-19H,8-9,12-16H2,1H3/t18-,19+/m1/s1. The van der Waals surface area contributed by atoms with Gasteiger partial charge in [0.2, 0.25) is 17.8 Å². The summed E-state index contributed by atoms with van der Waals surface area (Å²) in [6, 6.07) is 11.7. The quantitative estimate of drug-likeness (QED) is 0.776.